The number of aromatic nitrogens is 3. The van der Waals surface area contributed by atoms with Gasteiger partial charge >= 0.3 is 0 Å². The molecule has 0 aliphatic rings. The normalized spacial score (nSPS) is 11.0. The van der Waals surface area contributed by atoms with Crippen molar-refractivity contribution in [3.8, 4) is 0 Å². The Morgan fingerprint density at radius 1 is 1.15 bits per heavy atom. The van der Waals surface area contributed by atoms with Gasteiger partial charge in [-0.15, -0.1) is 0 Å². The van der Waals surface area contributed by atoms with Crippen LogP contribution in [0.1, 0.15) is 21.6 Å². The number of carbonyl (C=O) groups excluding carboxylic acids is 1. The minimum atomic E-state index is -0.148. The average Bonchev–Trinajstić information content (AvgIpc) is 3.25. The molecule has 0 unspecified atom stereocenters. The maximum Gasteiger partial charge on any atom is 0.280 e. The van der Waals surface area contributed by atoms with E-state index in [9.17, 15) is 4.79 Å². The molecule has 0 fully saturated rings. The molecule has 0 aliphatic carbocycles. The summed E-state index contributed by atoms with van der Waals surface area (Å²) in [6.07, 6.45) is 1.77. The maximum atomic E-state index is 13.1. The molecular weight excluding hydrogens is 344 g/mol. The van der Waals surface area contributed by atoms with E-state index < -0.39 is 0 Å². The Morgan fingerprint density at radius 3 is 2.69 bits per heavy atom. The molecule has 4 rings (SSSR count). The third-order valence-corrected chi connectivity index (χ3v) is 5.17. The summed E-state index contributed by atoms with van der Waals surface area (Å²) in [5, 5.41) is 4.95. The van der Waals surface area contributed by atoms with Gasteiger partial charge in [-0.25, -0.2) is 4.98 Å². The predicted molar refractivity (Wildman–Crippen MR) is 105 cm³/mol. The van der Waals surface area contributed by atoms with Gasteiger partial charge in [0.2, 0.25) is 0 Å². The Bertz CT molecular complexity index is 1070. The number of rotatable bonds is 4. The maximum absolute atomic E-state index is 13.1. The van der Waals surface area contributed by atoms with Gasteiger partial charge in [0, 0.05) is 13.2 Å². The molecule has 2 heterocycles. The van der Waals surface area contributed by atoms with E-state index >= 15 is 0 Å². The van der Waals surface area contributed by atoms with Crippen LogP contribution in [-0.2, 0) is 13.6 Å². The van der Waals surface area contributed by atoms with E-state index in [0.717, 1.165) is 15.8 Å². The van der Waals surface area contributed by atoms with Crippen molar-refractivity contribution in [2.24, 2.45) is 7.05 Å². The van der Waals surface area contributed by atoms with Crippen molar-refractivity contribution < 1.29 is 4.79 Å². The Hall–Kier alpha value is -2.99. The van der Waals surface area contributed by atoms with Crippen molar-refractivity contribution in [1.29, 1.82) is 0 Å². The number of hydrogen-bond donors (Lipinski definition) is 0. The number of anilines is 1. The van der Waals surface area contributed by atoms with Gasteiger partial charge < -0.3 is 0 Å². The number of aryl methyl sites for hydroxylation is 2. The molecule has 0 saturated heterocycles. The number of hydrogen-bond acceptors (Lipinski definition) is 4. The molecule has 5 nitrogen and oxygen atoms in total. The van der Waals surface area contributed by atoms with E-state index in [1.807, 2.05) is 42.5 Å². The highest BCUT2D eigenvalue weighted by molar-refractivity contribution is 7.22. The van der Waals surface area contributed by atoms with Gasteiger partial charge in [0.05, 0.1) is 16.8 Å². The highest BCUT2D eigenvalue weighted by Crippen LogP contribution is 2.31. The van der Waals surface area contributed by atoms with Gasteiger partial charge in [-0.2, -0.15) is 5.10 Å². The largest absolute Gasteiger partial charge is 0.280 e. The van der Waals surface area contributed by atoms with E-state index in [1.165, 1.54) is 16.9 Å². The van der Waals surface area contributed by atoms with Crippen molar-refractivity contribution in [2.75, 3.05) is 4.90 Å². The van der Waals surface area contributed by atoms with Gasteiger partial charge in [-0.05, 0) is 36.2 Å². The number of benzene rings is 2. The zero-order chi connectivity index (χ0) is 18.1. The van der Waals surface area contributed by atoms with E-state index in [2.05, 4.69) is 18.1 Å². The van der Waals surface area contributed by atoms with Crippen LogP contribution in [0.4, 0.5) is 5.13 Å². The summed E-state index contributed by atoms with van der Waals surface area (Å²) in [6, 6.07) is 17.8. The Morgan fingerprint density at radius 2 is 1.96 bits per heavy atom. The minimum Gasteiger partial charge on any atom is -0.278 e. The second-order valence-electron chi connectivity index (χ2n) is 6.22. The SMILES string of the molecule is Cc1ccc2nc(N(Cc3ccccc3)C(=O)c3ccn(C)n3)sc2c1. The highest BCUT2D eigenvalue weighted by Gasteiger charge is 2.23. The summed E-state index contributed by atoms with van der Waals surface area (Å²) >= 11 is 1.53. The second-order valence-corrected chi connectivity index (χ2v) is 7.23. The molecule has 0 spiro atoms. The quantitative estimate of drug-likeness (QED) is 0.547. The van der Waals surface area contributed by atoms with Crippen LogP contribution in [0, 0.1) is 6.92 Å². The fourth-order valence-corrected chi connectivity index (χ4v) is 3.86. The van der Waals surface area contributed by atoms with Crippen molar-refractivity contribution in [3.05, 3.63) is 77.6 Å². The summed E-state index contributed by atoms with van der Waals surface area (Å²) in [6.45, 7) is 2.51. The van der Waals surface area contributed by atoms with Crippen LogP contribution < -0.4 is 4.90 Å². The number of amides is 1. The van der Waals surface area contributed by atoms with Gasteiger partial charge in [-0.1, -0.05) is 47.7 Å². The zero-order valence-corrected chi connectivity index (χ0v) is 15.4. The third-order valence-electron chi connectivity index (χ3n) is 4.12. The van der Waals surface area contributed by atoms with Crippen LogP contribution in [0.3, 0.4) is 0 Å². The van der Waals surface area contributed by atoms with Gasteiger partial charge in [0.25, 0.3) is 5.91 Å². The van der Waals surface area contributed by atoms with Crippen LogP contribution in [0.25, 0.3) is 10.2 Å². The molecule has 0 aliphatic heterocycles. The number of thiazole rings is 1. The van der Waals surface area contributed by atoms with Crippen LogP contribution >= 0.6 is 11.3 Å². The first-order valence-corrected chi connectivity index (χ1v) is 9.14. The Balaban J connectivity index is 1.76. The van der Waals surface area contributed by atoms with Crippen LogP contribution in [0.15, 0.2) is 60.8 Å². The topological polar surface area (TPSA) is 51.0 Å². The first kappa shape index (κ1) is 16.5. The van der Waals surface area contributed by atoms with Gasteiger partial charge in [0.1, 0.15) is 0 Å². The molecule has 0 N–H and O–H groups in total. The lowest BCUT2D eigenvalue weighted by Gasteiger charge is -2.19. The van der Waals surface area contributed by atoms with Gasteiger partial charge in [-0.3, -0.25) is 14.4 Å². The van der Waals surface area contributed by atoms with E-state index in [4.69, 9.17) is 4.98 Å². The summed E-state index contributed by atoms with van der Waals surface area (Å²) in [4.78, 5) is 19.5. The summed E-state index contributed by atoms with van der Waals surface area (Å²) in [7, 11) is 1.80. The van der Waals surface area contributed by atoms with Crippen molar-refractivity contribution in [3.63, 3.8) is 0 Å². The molecule has 2 aromatic carbocycles. The lowest BCUT2D eigenvalue weighted by molar-refractivity contribution is 0.0979. The molecular formula is C20H18N4OS. The molecule has 4 aromatic rings. The molecule has 130 valence electrons. The molecule has 2 aromatic heterocycles. The molecule has 26 heavy (non-hydrogen) atoms. The summed E-state index contributed by atoms with van der Waals surface area (Å²) < 4.78 is 2.71. The Kier molecular flexibility index (Phi) is 4.26. The van der Waals surface area contributed by atoms with E-state index in [-0.39, 0.29) is 5.91 Å². The monoisotopic (exact) mass is 362 g/mol. The molecule has 0 atom stereocenters. The first-order valence-electron chi connectivity index (χ1n) is 8.33. The fraction of sp³-hybridized carbons (Fsp3) is 0.150. The fourth-order valence-electron chi connectivity index (χ4n) is 2.79. The predicted octanol–water partition coefficient (Wildman–Crippen LogP) is 4.19. The lowest BCUT2D eigenvalue weighted by Crippen LogP contribution is -2.30. The smallest absolute Gasteiger partial charge is 0.278 e. The van der Waals surface area contributed by atoms with Crippen LogP contribution in [0.2, 0.25) is 0 Å². The second kappa shape index (κ2) is 6.72. The van der Waals surface area contributed by atoms with Crippen molar-refractivity contribution in [1.82, 2.24) is 14.8 Å². The zero-order valence-electron chi connectivity index (χ0n) is 14.6. The number of carbonyl (C=O) groups is 1. The van der Waals surface area contributed by atoms with Gasteiger partial charge in [0.15, 0.2) is 10.8 Å². The number of fused-ring (bicyclic) bond motifs is 1. The molecule has 0 radical (unpaired) electrons. The lowest BCUT2D eigenvalue weighted by atomic mass is 10.2. The first-order chi connectivity index (χ1) is 12.6. The van der Waals surface area contributed by atoms with Crippen LogP contribution in [-0.4, -0.2) is 20.7 Å². The average molecular weight is 362 g/mol. The van der Waals surface area contributed by atoms with E-state index in [1.54, 1.807) is 28.9 Å². The minimum absolute atomic E-state index is 0.148. The standard InChI is InChI=1S/C20H18N4OS/c1-14-8-9-16-18(12-14)26-20(21-16)24(13-15-6-4-3-5-7-15)19(25)17-10-11-23(2)22-17/h3-12H,13H2,1-2H3. The summed E-state index contributed by atoms with van der Waals surface area (Å²) in [5.74, 6) is -0.148. The van der Waals surface area contributed by atoms with Crippen molar-refractivity contribution >= 4 is 32.6 Å². The highest BCUT2D eigenvalue weighted by atomic mass is 32.1. The molecule has 6 heteroatoms. The molecule has 0 bridgehead atoms. The number of nitrogens with zero attached hydrogens (tertiary/aromatic N) is 4. The van der Waals surface area contributed by atoms with Crippen LogP contribution in [0.5, 0.6) is 0 Å². The van der Waals surface area contributed by atoms with E-state index in [0.29, 0.717) is 17.4 Å². The third kappa shape index (κ3) is 3.23. The molecule has 0 saturated carbocycles. The Labute approximate surface area is 155 Å². The molecule has 1 amide bonds. The summed E-state index contributed by atoms with van der Waals surface area (Å²) in [5.41, 5.74) is 3.55. The van der Waals surface area contributed by atoms with Crippen molar-refractivity contribution in [2.45, 2.75) is 13.5 Å².